The topological polar surface area (TPSA) is 64.4 Å². The van der Waals surface area contributed by atoms with Crippen molar-refractivity contribution in [3.8, 4) is 0 Å². The molecule has 0 aliphatic carbocycles. The largest absolute Gasteiger partial charge is 0.462 e. The Morgan fingerprint density at radius 1 is 1.19 bits per heavy atom. The number of benzene rings is 1. The number of likely N-dealkylation sites (tertiary alicyclic amines) is 1. The molecule has 0 amide bonds. The first-order valence-corrected chi connectivity index (χ1v) is 11.8. The standard InChI is InChI=1S/C24H29N3O3S/c1-4-12-30-24(29)19-9-7-8-18(13-19)14-27-20(15-26-10-5-6-11-26)25-22-21(23(27)28)16(2)17(3)31-22/h7-9,13H,4-6,10-12,14-15H2,1-3H3. The van der Waals surface area contributed by atoms with E-state index in [2.05, 4.69) is 4.90 Å². The highest BCUT2D eigenvalue weighted by molar-refractivity contribution is 7.18. The maximum atomic E-state index is 13.5. The smallest absolute Gasteiger partial charge is 0.338 e. The first-order valence-electron chi connectivity index (χ1n) is 11.0. The van der Waals surface area contributed by atoms with E-state index in [1.54, 1.807) is 22.0 Å². The highest BCUT2D eigenvalue weighted by atomic mass is 32.1. The number of hydrogen-bond donors (Lipinski definition) is 0. The quantitative estimate of drug-likeness (QED) is 0.514. The molecule has 2 aromatic heterocycles. The molecule has 6 nitrogen and oxygen atoms in total. The molecule has 3 aromatic rings. The predicted octanol–water partition coefficient (Wildman–Crippen LogP) is 4.29. The molecule has 1 saturated heterocycles. The van der Waals surface area contributed by atoms with Gasteiger partial charge in [0.05, 0.1) is 30.6 Å². The average Bonchev–Trinajstić information content (AvgIpc) is 3.37. The Labute approximate surface area is 186 Å². The lowest BCUT2D eigenvalue weighted by atomic mass is 10.1. The molecule has 0 bridgehead atoms. The van der Waals surface area contributed by atoms with Gasteiger partial charge in [-0.2, -0.15) is 0 Å². The Morgan fingerprint density at radius 2 is 1.97 bits per heavy atom. The van der Waals surface area contributed by atoms with Crippen LogP contribution in [0.5, 0.6) is 0 Å². The van der Waals surface area contributed by atoms with E-state index in [4.69, 9.17) is 9.72 Å². The van der Waals surface area contributed by atoms with Gasteiger partial charge in [-0.1, -0.05) is 19.1 Å². The number of esters is 1. The molecular weight excluding hydrogens is 410 g/mol. The van der Waals surface area contributed by atoms with Crippen LogP contribution in [0, 0.1) is 13.8 Å². The summed E-state index contributed by atoms with van der Waals surface area (Å²) in [4.78, 5) is 35.1. The zero-order valence-electron chi connectivity index (χ0n) is 18.4. The summed E-state index contributed by atoms with van der Waals surface area (Å²) >= 11 is 1.59. The van der Waals surface area contributed by atoms with E-state index in [9.17, 15) is 9.59 Å². The number of rotatable bonds is 7. The number of carbonyl (C=O) groups excluding carboxylic acids is 1. The highest BCUT2D eigenvalue weighted by Crippen LogP contribution is 2.27. The Bertz CT molecular complexity index is 1160. The van der Waals surface area contributed by atoms with E-state index in [1.165, 1.54) is 12.8 Å². The lowest BCUT2D eigenvalue weighted by molar-refractivity contribution is 0.0505. The van der Waals surface area contributed by atoms with Crippen molar-refractivity contribution in [3.63, 3.8) is 0 Å². The number of aromatic nitrogens is 2. The molecule has 3 heterocycles. The first kappa shape index (κ1) is 21.7. The Morgan fingerprint density at radius 3 is 2.71 bits per heavy atom. The average molecular weight is 440 g/mol. The highest BCUT2D eigenvalue weighted by Gasteiger charge is 2.20. The minimum atomic E-state index is -0.328. The zero-order chi connectivity index (χ0) is 22.0. The van der Waals surface area contributed by atoms with Crippen molar-refractivity contribution >= 4 is 27.5 Å². The van der Waals surface area contributed by atoms with Crippen molar-refractivity contribution in [2.75, 3.05) is 19.7 Å². The first-order chi connectivity index (χ1) is 15.0. The fraction of sp³-hybridized carbons (Fsp3) is 0.458. The van der Waals surface area contributed by atoms with E-state index in [0.29, 0.717) is 30.6 Å². The summed E-state index contributed by atoms with van der Waals surface area (Å²) < 4.78 is 7.06. The van der Waals surface area contributed by atoms with Crippen LogP contribution in [0.1, 0.15) is 58.4 Å². The van der Waals surface area contributed by atoms with Crippen molar-refractivity contribution in [3.05, 3.63) is 62.0 Å². The minimum Gasteiger partial charge on any atom is -0.462 e. The van der Waals surface area contributed by atoms with Crippen LogP contribution in [0.4, 0.5) is 0 Å². The zero-order valence-corrected chi connectivity index (χ0v) is 19.3. The third kappa shape index (κ3) is 4.57. The van der Waals surface area contributed by atoms with Gasteiger partial charge in [-0.3, -0.25) is 14.3 Å². The molecule has 4 rings (SSSR count). The van der Waals surface area contributed by atoms with Crippen molar-refractivity contribution in [2.24, 2.45) is 0 Å². The molecule has 1 aliphatic rings. The molecule has 7 heteroatoms. The maximum absolute atomic E-state index is 13.5. The lowest BCUT2D eigenvalue weighted by Crippen LogP contribution is -2.30. The molecule has 164 valence electrons. The van der Waals surface area contributed by atoms with Crippen molar-refractivity contribution in [1.29, 1.82) is 0 Å². The van der Waals surface area contributed by atoms with Crippen molar-refractivity contribution in [2.45, 2.75) is 53.1 Å². The number of ether oxygens (including phenoxy) is 1. The number of aryl methyl sites for hydroxylation is 2. The van der Waals surface area contributed by atoms with Gasteiger partial charge >= 0.3 is 5.97 Å². The minimum absolute atomic E-state index is 0.00000881. The summed E-state index contributed by atoms with van der Waals surface area (Å²) in [6.07, 6.45) is 3.16. The number of thiophene rings is 1. The normalized spacial score (nSPS) is 14.4. The van der Waals surface area contributed by atoms with Gasteiger partial charge in [0.15, 0.2) is 0 Å². The van der Waals surface area contributed by atoms with Crippen LogP contribution in [0.3, 0.4) is 0 Å². The number of nitrogens with zero attached hydrogens (tertiary/aromatic N) is 3. The van der Waals surface area contributed by atoms with E-state index in [1.807, 2.05) is 39.0 Å². The van der Waals surface area contributed by atoms with Gasteiger partial charge in [0.2, 0.25) is 0 Å². The van der Waals surface area contributed by atoms with Crippen LogP contribution in [0.15, 0.2) is 29.1 Å². The van der Waals surface area contributed by atoms with E-state index in [-0.39, 0.29) is 11.5 Å². The Kier molecular flexibility index (Phi) is 6.53. The predicted molar refractivity (Wildman–Crippen MR) is 124 cm³/mol. The van der Waals surface area contributed by atoms with E-state index < -0.39 is 0 Å². The molecule has 0 unspecified atom stereocenters. The fourth-order valence-electron chi connectivity index (χ4n) is 4.05. The summed E-state index contributed by atoms with van der Waals surface area (Å²) in [5.41, 5.74) is 2.41. The molecule has 0 spiro atoms. The molecule has 0 N–H and O–H groups in total. The molecule has 0 saturated carbocycles. The SMILES string of the molecule is CCCOC(=O)c1cccc(Cn2c(CN3CCCC3)nc3sc(C)c(C)c3c2=O)c1. The maximum Gasteiger partial charge on any atom is 0.338 e. The molecule has 0 radical (unpaired) electrons. The Hall–Kier alpha value is -2.51. The van der Waals surface area contributed by atoms with Gasteiger partial charge in [0, 0.05) is 4.88 Å². The second kappa shape index (κ2) is 9.32. The summed E-state index contributed by atoms with van der Waals surface area (Å²) in [5, 5.41) is 0.714. The number of fused-ring (bicyclic) bond motifs is 1. The van der Waals surface area contributed by atoms with Gasteiger partial charge in [-0.15, -0.1) is 11.3 Å². The molecule has 1 fully saturated rings. The van der Waals surface area contributed by atoms with Gasteiger partial charge in [0.25, 0.3) is 5.56 Å². The van der Waals surface area contributed by atoms with Crippen LogP contribution in [0.2, 0.25) is 0 Å². The molecular formula is C24H29N3O3S. The molecule has 1 aliphatic heterocycles. The Balaban J connectivity index is 1.73. The number of carbonyl (C=O) groups is 1. The number of hydrogen-bond acceptors (Lipinski definition) is 6. The third-order valence-electron chi connectivity index (χ3n) is 5.87. The van der Waals surface area contributed by atoms with Crippen LogP contribution >= 0.6 is 11.3 Å². The van der Waals surface area contributed by atoms with Crippen LogP contribution in [-0.2, 0) is 17.8 Å². The fourth-order valence-corrected chi connectivity index (χ4v) is 5.09. The van der Waals surface area contributed by atoms with Gasteiger partial charge in [-0.05, 0) is 69.5 Å². The summed E-state index contributed by atoms with van der Waals surface area (Å²) in [6, 6.07) is 7.36. The van der Waals surface area contributed by atoms with Crippen molar-refractivity contribution < 1.29 is 9.53 Å². The van der Waals surface area contributed by atoms with Crippen LogP contribution in [0.25, 0.3) is 10.2 Å². The summed E-state index contributed by atoms with van der Waals surface area (Å²) in [7, 11) is 0. The lowest BCUT2D eigenvalue weighted by Gasteiger charge is -2.18. The molecule has 31 heavy (non-hydrogen) atoms. The third-order valence-corrected chi connectivity index (χ3v) is 6.97. The van der Waals surface area contributed by atoms with Crippen LogP contribution < -0.4 is 5.56 Å². The van der Waals surface area contributed by atoms with Gasteiger partial charge in [-0.25, -0.2) is 9.78 Å². The molecule has 0 atom stereocenters. The molecule has 1 aromatic carbocycles. The summed E-state index contributed by atoms with van der Waals surface area (Å²) in [5.74, 6) is 0.464. The van der Waals surface area contributed by atoms with Crippen LogP contribution in [-0.4, -0.2) is 40.1 Å². The van der Waals surface area contributed by atoms with Crippen molar-refractivity contribution in [1.82, 2.24) is 14.5 Å². The second-order valence-corrected chi connectivity index (χ2v) is 9.41. The van der Waals surface area contributed by atoms with Gasteiger partial charge in [0.1, 0.15) is 10.7 Å². The monoisotopic (exact) mass is 439 g/mol. The van der Waals surface area contributed by atoms with E-state index in [0.717, 1.165) is 46.2 Å². The summed E-state index contributed by atoms with van der Waals surface area (Å²) in [6.45, 7) is 9.52. The van der Waals surface area contributed by atoms with E-state index >= 15 is 0 Å². The van der Waals surface area contributed by atoms with Gasteiger partial charge < -0.3 is 4.74 Å². The second-order valence-electron chi connectivity index (χ2n) is 8.20.